The lowest BCUT2D eigenvalue weighted by molar-refractivity contribution is 0.0930. The minimum atomic E-state index is -0.314. The maximum absolute atomic E-state index is 12.6. The van der Waals surface area contributed by atoms with Crippen molar-refractivity contribution in [2.75, 3.05) is 13.7 Å². The maximum Gasteiger partial charge on any atom is 0.273 e. The fourth-order valence-corrected chi connectivity index (χ4v) is 3.00. The first kappa shape index (κ1) is 21.4. The monoisotopic (exact) mass is 409 g/mol. The summed E-state index contributed by atoms with van der Waals surface area (Å²) in [6, 6.07) is 10.6. The Morgan fingerprint density at radius 2 is 1.93 bits per heavy atom. The Balaban J connectivity index is 1.64. The number of nitrogens with zero attached hydrogens (tertiary/aromatic N) is 2. The van der Waals surface area contributed by atoms with E-state index in [-0.39, 0.29) is 17.6 Å². The molecule has 3 aromatic rings. The molecule has 0 radical (unpaired) electrons. The van der Waals surface area contributed by atoms with Crippen molar-refractivity contribution in [3.63, 3.8) is 0 Å². The van der Waals surface area contributed by atoms with Crippen LogP contribution < -0.4 is 14.8 Å². The molecule has 0 fully saturated rings. The Bertz CT molecular complexity index is 956. The molecule has 0 saturated heterocycles. The van der Waals surface area contributed by atoms with E-state index in [4.69, 9.17) is 14.0 Å². The van der Waals surface area contributed by atoms with Crippen molar-refractivity contribution in [1.29, 1.82) is 0 Å². The number of ether oxygens (including phenoxy) is 2. The summed E-state index contributed by atoms with van der Waals surface area (Å²) in [7, 11) is 1.61. The van der Waals surface area contributed by atoms with E-state index in [1.807, 2.05) is 25.1 Å². The number of pyridine rings is 1. The molecular weight excluding hydrogens is 382 g/mol. The van der Waals surface area contributed by atoms with E-state index >= 15 is 0 Å². The van der Waals surface area contributed by atoms with Gasteiger partial charge >= 0.3 is 0 Å². The van der Waals surface area contributed by atoms with Crippen LogP contribution in [-0.2, 0) is 0 Å². The molecule has 0 aliphatic rings. The molecule has 7 nitrogen and oxygen atoms in total. The molecule has 0 spiro atoms. The molecule has 3 rings (SSSR count). The van der Waals surface area contributed by atoms with Gasteiger partial charge in [0.1, 0.15) is 0 Å². The van der Waals surface area contributed by atoms with Gasteiger partial charge in [0, 0.05) is 24.0 Å². The van der Waals surface area contributed by atoms with Crippen LogP contribution >= 0.6 is 0 Å². The summed E-state index contributed by atoms with van der Waals surface area (Å²) in [5.74, 6) is 1.55. The van der Waals surface area contributed by atoms with Gasteiger partial charge in [-0.25, -0.2) is 0 Å². The third kappa shape index (κ3) is 5.37. The molecule has 2 heterocycles. The molecular formula is C23H27N3O4. The van der Waals surface area contributed by atoms with E-state index in [1.165, 1.54) is 0 Å². The Kier molecular flexibility index (Phi) is 7.43. The van der Waals surface area contributed by atoms with Crippen molar-refractivity contribution in [1.82, 2.24) is 15.5 Å². The quantitative estimate of drug-likeness (QED) is 0.484. The highest BCUT2D eigenvalue weighted by atomic mass is 16.5. The number of carbonyl (C=O) groups is 1. The average molecular weight is 409 g/mol. The highest BCUT2D eigenvalue weighted by molar-refractivity contribution is 5.93. The molecule has 0 bridgehead atoms. The van der Waals surface area contributed by atoms with Crippen molar-refractivity contribution < 1.29 is 18.8 Å². The lowest BCUT2D eigenvalue weighted by Gasteiger charge is -2.16. The summed E-state index contributed by atoms with van der Waals surface area (Å²) in [4.78, 5) is 16.6. The van der Waals surface area contributed by atoms with Gasteiger partial charge in [-0.3, -0.25) is 9.78 Å². The van der Waals surface area contributed by atoms with E-state index in [0.29, 0.717) is 23.9 Å². The maximum atomic E-state index is 12.6. The Hall–Kier alpha value is -3.35. The molecule has 30 heavy (non-hydrogen) atoms. The predicted octanol–water partition coefficient (Wildman–Crippen LogP) is 4.81. The van der Waals surface area contributed by atoms with Gasteiger partial charge in [0.15, 0.2) is 23.0 Å². The zero-order chi connectivity index (χ0) is 21.3. The fraction of sp³-hybridized carbons (Fsp3) is 0.348. The minimum Gasteiger partial charge on any atom is -0.493 e. The largest absolute Gasteiger partial charge is 0.493 e. The molecule has 1 amide bonds. The standard InChI is InChI=1S/C23H27N3O4/c1-4-5-6-13-29-20-8-7-18(14-22(20)28-3)16(2)25-23(27)19-15-21(30-26-19)17-9-11-24-12-10-17/h7-12,14-16H,4-6,13H2,1-3H3,(H,25,27). The van der Waals surface area contributed by atoms with Gasteiger partial charge in [0.05, 0.1) is 19.8 Å². The third-order valence-corrected chi connectivity index (χ3v) is 4.75. The number of aromatic nitrogens is 2. The van der Waals surface area contributed by atoms with Gasteiger partial charge in [-0.1, -0.05) is 31.0 Å². The van der Waals surface area contributed by atoms with Crippen LogP contribution in [0, 0.1) is 0 Å². The zero-order valence-corrected chi connectivity index (χ0v) is 17.6. The Morgan fingerprint density at radius 3 is 2.67 bits per heavy atom. The number of nitrogens with one attached hydrogen (secondary N) is 1. The smallest absolute Gasteiger partial charge is 0.273 e. The number of rotatable bonds is 10. The van der Waals surface area contributed by atoms with Crippen LogP contribution in [0.3, 0.4) is 0 Å². The highest BCUT2D eigenvalue weighted by Crippen LogP contribution is 2.30. The second-order valence-electron chi connectivity index (χ2n) is 6.97. The fourth-order valence-electron chi connectivity index (χ4n) is 3.00. The predicted molar refractivity (Wildman–Crippen MR) is 114 cm³/mol. The van der Waals surface area contributed by atoms with Gasteiger partial charge in [0.2, 0.25) is 0 Å². The van der Waals surface area contributed by atoms with Crippen molar-refractivity contribution in [3.05, 3.63) is 60.0 Å². The van der Waals surface area contributed by atoms with Crippen LogP contribution in [0.1, 0.15) is 55.2 Å². The molecule has 0 aliphatic heterocycles. The first-order chi connectivity index (χ1) is 14.6. The van der Waals surface area contributed by atoms with Crippen LogP contribution in [0.15, 0.2) is 53.3 Å². The molecule has 0 saturated carbocycles. The molecule has 0 aliphatic carbocycles. The van der Waals surface area contributed by atoms with Crippen molar-refractivity contribution in [2.24, 2.45) is 0 Å². The first-order valence-electron chi connectivity index (χ1n) is 10.1. The molecule has 1 unspecified atom stereocenters. The van der Waals surface area contributed by atoms with Gasteiger partial charge in [0.25, 0.3) is 5.91 Å². The van der Waals surface area contributed by atoms with Crippen molar-refractivity contribution in [3.8, 4) is 22.8 Å². The molecule has 1 atom stereocenters. The normalized spacial score (nSPS) is 11.7. The molecule has 1 aromatic carbocycles. The second-order valence-corrected chi connectivity index (χ2v) is 6.97. The van der Waals surface area contributed by atoms with E-state index in [2.05, 4.69) is 22.4 Å². The number of methoxy groups -OCH3 is 1. The van der Waals surface area contributed by atoms with E-state index in [1.54, 1.807) is 37.7 Å². The zero-order valence-electron chi connectivity index (χ0n) is 17.6. The van der Waals surface area contributed by atoms with E-state index in [9.17, 15) is 4.79 Å². The second kappa shape index (κ2) is 10.4. The summed E-state index contributed by atoms with van der Waals surface area (Å²) in [5.41, 5.74) is 1.93. The number of amides is 1. The summed E-state index contributed by atoms with van der Waals surface area (Å²) < 4.78 is 16.6. The lowest BCUT2D eigenvalue weighted by Crippen LogP contribution is -2.26. The number of hydrogen-bond donors (Lipinski definition) is 1. The van der Waals surface area contributed by atoms with E-state index < -0.39 is 0 Å². The summed E-state index contributed by atoms with van der Waals surface area (Å²) in [6.07, 6.45) is 6.60. The molecule has 158 valence electrons. The SMILES string of the molecule is CCCCCOc1ccc(C(C)NC(=O)c2cc(-c3ccncc3)on2)cc1OC. The third-order valence-electron chi connectivity index (χ3n) is 4.75. The van der Waals surface area contributed by atoms with Gasteiger partial charge in [-0.05, 0) is 43.2 Å². The van der Waals surface area contributed by atoms with Crippen LogP contribution in [0.4, 0.5) is 0 Å². The minimum absolute atomic E-state index is 0.219. The van der Waals surface area contributed by atoms with Crippen LogP contribution in [0.5, 0.6) is 11.5 Å². The number of benzene rings is 1. The molecule has 7 heteroatoms. The molecule has 2 aromatic heterocycles. The Morgan fingerprint density at radius 1 is 1.13 bits per heavy atom. The van der Waals surface area contributed by atoms with Gasteiger partial charge in [-0.2, -0.15) is 0 Å². The van der Waals surface area contributed by atoms with Crippen molar-refractivity contribution in [2.45, 2.75) is 39.2 Å². The van der Waals surface area contributed by atoms with Crippen molar-refractivity contribution >= 4 is 5.91 Å². The van der Waals surface area contributed by atoms with Crippen LogP contribution in [0.2, 0.25) is 0 Å². The topological polar surface area (TPSA) is 86.5 Å². The Labute approximate surface area is 176 Å². The summed E-state index contributed by atoms with van der Waals surface area (Å²) >= 11 is 0. The lowest BCUT2D eigenvalue weighted by atomic mass is 10.1. The highest BCUT2D eigenvalue weighted by Gasteiger charge is 2.18. The van der Waals surface area contributed by atoms with Crippen LogP contribution in [-0.4, -0.2) is 29.8 Å². The number of carbonyl (C=O) groups excluding carboxylic acids is 1. The average Bonchev–Trinajstić information content (AvgIpc) is 3.28. The van der Waals surface area contributed by atoms with Gasteiger partial charge < -0.3 is 19.3 Å². The van der Waals surface area contributed by atoms with Gasteiger partial charge in [-0.15, -0.1) is 0 Å². The van der Waals surface area contributed by atoms with Crippen LogP contribution in [0.25, 0.3) is 11.3 Å². The first-order valence-corrected chi connectivity index (χ1v) is 10.1. The molecule has 1 N–H and O–H groups in total. The summed E-state index contributed by atoms with van der Waals surface area (Å²) in [6.45, 7) is 4.71. The number of hydrogen-bond acceptors (Lipinski definition) is 6. The van der Waals surface area contributed by atoms with E-state index in [0.717, 1.165) is 30.4 Å². The number of unbranched alkanes of at least 4 members (excludes halogenated alkanes) is 2. The summed E-state index contributed by atoms with van der Waals surface area (Å²) in [5, 5.41) is 6.82.